The van der Waals surface area contributed by atoms with E-state index in [-0.39, 0.29) is 5.78 Å². The van der Waals surface area contributed by atoms with Crippen LogP contribution >= 0.6 is 0 Å². The van der Waals surface area contributed by atoms with Crippen molar-refractivity contribution in [3.05, 3.63) is 23.8 Å². The SMILES string of the molecule is CCCCCC[C@@H](C)/C=C(C)/C=C/C(C)=O. The molecule has 0 aliphatic rings. The summed E-state index contributed by atoms with van der Waals surface area (Å²) in [4.78, 5) is 10.8. The molecule has 1 atom stereocenters. The third-order valence-electron chi connectivity index (χ3n) is 2.64. The summed E-state index contributed by atoms with van der Waals surface area (Å²) in [5.74, 6) is 0.733. The summed E-state index contributed by atoms with van der Waals surface area (Å²) in [6.07, 6.45) is 12.4. The first-order valence-electron chi connectivity index (χ1n) is 6.43. The zero-order valence-electron chi connectivity index (χ0n) is 11.3. The van der Waals surface area contributed by atoms with Crippen LogP contribution in [0.1, 0.15) is 59.8 Å². The lowest BCUT2D eigenvalue weighted by Crippen LogP contribution is -1.91. The van der Waals surface area contributed by atoms with E-state index in [1.165, 1.54) is 37.7 Å². The van der Waals surface area contributed by atoms with Crippen molar-refractivity contribution >= 4 is 5.78 Å². The number of unbranched alkanes of at least 4 members (excludes halogenated alkanes) is 3. The molecule has 0 aliphatic carbocycles. The van der Waals surface area contributed by atoms with Gasteiger partial charge < -0.3 is 0 Å². The second-order valence-corrected chi connectivity index (χ2v) is 4.68. The van der Waals surface area contributed by atoms with Crippen molar-refractivity contribution in [3.63, 3.8) is 0 Å². The Balaban J connectivity index is 3.86. The van der Waals surface area contributed by atoms with Gasteiger partial charge in [0.25, 0.3) is 0 Å². The van der Waals surface area contributed by atoms with Crippen molar-refractivity contribution in [2.75, 3.05) is 0 Å². The molecule has 0 aromatic carbocycles. The second kappa shape index (κ2) is 9.38. The zero-order chi connectivity index (χ0) is 12.4. The lowest BCUT2D eigenvalue weighted by molar-refractivity contribution is -0.112. The van der Waals surface area contributed by atoms with Gasteiger partial charge in [0.05, 0.1) is 0 Å². The highest BCUT2D eigenvalue weighted by Gasteiger charge is 1.98. The Kier molecular flexibility index (Phi) is 8.88. The maximum absolute atomic E-state index is 10.8. The molecule has 0 fully saturated rings. The van der Waals surface area contributed by atoms with Crippen molar-refractivity contribution in [2.24, 2.45) is 5.92 Å². The van der Waals surface area contributed by atoms with E-state index >= 15 is 0 Å². The van der Waals surface area contributed by atoms with Crippen LogP contribution in [-0.2, 0) is 4.79 Å². The Morgan fingerprint density at radius 1 is 1.12 bits per heavy atom. The van der Waals surface area contributed by atoms with Crippen LogP contribution in [0.4, 0.5) is 0 Å². The highest BCUT2D eigenvalue weighted by molar-refractivity contribution is 5.87. The average molecular weight is 222 g/mol. The Morgan fingerprint density at radius 3 is 2.38 bits per heavy atom. The number of hydrogen-bond donors (Lipinski definition) is 0. The van der Waals surface area contributed by atoms with E-state index in [0.29, 0.717) is 5.92 Å². The minimum Gasteiger partial charge on any atom is -0.295 e. The molecular formula is C15H26O. The lowest BCUT2D eigenvalue weighted by Gasteiger charge is -2.06. The largest absolute Gasteiger partial charge is 0.295 e. The Bertz CT molecular complexity index is 248. The second-order valence-electron chi connectivity index (χ2n) is 4.68. The molecule has 0 saturated heterocycles. The average Bonchev–Trinajstić information content (AvgIpc) is 2.21. The fraction of sp³-hybridized carbons (Fsp3) is 0.667. The van der Waals surface area contributed by atoms with Gasteiger partial charge in [-0.3, -0.25) is 4.79 Å². The molecule has 0 aliphatic heterocycles. The molecule has 1 nitrogen and oxygen atoms in total. The molecule has 0 radical (unpaired) electrons. The first-order chi connectivity index (χ1) is 7.56. The topological polar surface area (TPSA) is 17.1 Å². The van der Waals surface area contributed by atoms with Crippen LogP contribution < -0.4 is 0 Å². The molecule has 0 heterocycles. The molecule has 0 amide bonds. The van der Waals surface area contributed by atoms with E-state index < -0.39 is 0 Å². The number of hydrogen-bond acceptors (Lipinski definition) is 1. The van der Waals surface area contributed by atoms with Gasteiger partial charge in [-0.2, -0.15) is 0 Å². The summed E-state index contributed by atoms with van der Waals surface area (Å²) in [7, 11) is 0. The molecule has 0 N–H and O–H groups in total. The third kappa shape index (κ3) is 9.70. The van der Waals surface area contributed by atoms with Crippen LogP contribution in [0.2, 0.25) is 0 Å². The summed E-state index contributed by atoms with van der Waals surface area (Å²) in [6, 6.07) is 0. The van der Waals surface area contributed by atoms with E-state index in [2.05, 4.69) is 26.8 Å². The van der Waals surface area contributed by atoms with Crippen LogP contribution in [0.15, 0.2) is 23.8 Å². The van der Waals surface area contributed by atoms with Crippen molar-refractivity contribution in [3.8, 4) is 0 Å². The molecule has 0 spiro atoms. The van der Waals surface area contributed by atoms with Gasteiger partial charge in [0.1, 0.15) is 0 Å². The van der Waals surface area contributed by atoms with Crippen molar-refractivity contribution < 1.29 is 4.79 Å². The molecule has 0 rings (SSSR count). The molecule has 16 heavy (non-hydrogen) atoms. The highest BCUT2D eigenvalue weighted by Crippen LogP contribution is 2.13. The van der Waals surface area contributed by atoms with Gasteiger partial charge in [0.15, 0.2) is 5.78 Å². The fourth-order valence-corrected chi connectivity index (χ4v) is 1.73. The monoisotopic (exact) mass is 222 g/mol. The van der Waals surface area contributed by atoms with Gasteiger partial charge in [-0.25, -0.2) is 0 Å². The lowest BCUT2D eigenvalue weighted by atomic mass is 10.00. The van der Waals surface area contributed by atoms with Crippen molar-refractivity contribution in [1.29, 1.82) is 0 Å². The maximum Gasteiger partial charge on any atom is 0.152 e. The van der Waals surface area contributed by atoms with Gasteiger partial charge in [-0.15, -0.1) is 0 Å². The van der Waals surface area contributed by atoms with Crippen molar-refractivity contribution in [1.82, 2.24) is 0 Å². The number of allylic oxidation sites excluding steroid dienone is 4. The first-order valence-corrected chi connectivity index (χ1v) is 6.43. The van der Waals surface area contributed by atoms with E-state index in [9.17, 15) is 4.79 Å². The third-order valence-corrected chi connectivity index (χ3v) is 2.64. The number of ketones is 1. The molecule has 0 aromatic heterocycles. The van der Waals surface area contributed by atoms with E-state index in [4.69, 9.17) is 0 Å². The summed E-state index contributed by atoms with van der Waals surface area (Å²) in [6.45, 7) is 8.12. The van der Waals surface area contributed by atoms with Crippen LogP contribution in [0.25, 0.3) is 0 Å². The maximum atomic E-state index is 10.8. The molecule has 1 heteroatoms. The molecule has 0 aromatic rings. The minimum atomic E-state index is 0.114. The molecule has 0 bridgehead atoms. The van der Waals surface area contributed by atoms with Gasteiger partial charge in [-0.05, 0) is 32.3 Å². The quantitative estimate of drug-likeness (QED) is 0.331. The first kappa shape index (κ1) is 15.2. The normalized spacial score (nSPS) is 14.4. The van der Waals surface area contributed by atoms with Gasteiger partial charge in [0, 0.05) is 0 Å². The summed E-state index contributed by atoms with van der Waals surface area (Å²) < 4.78 is 0. The summed E-state index contributed by atoms with van der Waals surface area (Å²) in [5.41, 5.74) is 1.19. The van der Waals surface area contributed by atoms with Crippen LogP contribution in [0, 0.1) is 5.92 Å². The van der Waals surface area contributed by atoms with E-state index in [0.717, 1.165) is 0 Å². The summed E-state index contributed by atoms with van der Waals surface area (Å²) in [5, 5.41) is 0. The predicted molar refractivity (Wildman–Crippen MR) is 71.5 cm³/mol. The smallest absolute Gasteiger partial charge is 0.152 e. The zero-order valence-corrected chi connectivity index (χ0v) is 11.3. The van der Waals surface area contributed by atoms with Crippen LogP contribution in [0.5, 0.6) is 0 Å². The van der Waals surface area contributed by atoms with E-state index in [1.807, 2.05) is 6.08 Å². The summed E-state index contributed by atoms with van der Waals surface area (Å²) >= 11 is 0. The number of carbonyl (C=O) groups excluding carboxylic acids is 1. The fourth-order valence-electron chi connectivity index (χ4n) is 1.73. The molecule has 92 valence electrons. The number of rotatable bonds is 8. The Morgan fingerprint density at radius 2 is 1.81 bits per heavy atom. The molecular weight excluding hydrogens is 196 g/mol. The van der Waals surface area contributed by atoms with Gasteiger partial charge in [-0.1, -0.05) is 57.3 Å². The Hall–Kier alpha value is -0.850. The van der Waals surface area contributed by atoms with Gasteiger partial charge in [0.2, 0.25) is 0 Å². The minimum absolute atomic E-state index is 0.114. The Labute approximate surface area is 101 Å². The van der Waals surface area contributed by atoms with E-state index in [1.54, 1.807) is 13.0 Å². The predicted octanol–water partition coefficient (Wildman–Crippen LogP) is 4.68. The number of carbonyl (C=O) groups is 1. The standard InChI is InChI=1S/C15H26O/c1-5-6-7-8-9-13(2)12-14(3)10-11-15(4)16/h10-13H,5-9H2,1-4H3/b11-10+,14-12+/t13-/m1/s1. The molecule has 0 unspecified atom stereocenters. The van der Waals surface area contributed by atoms with Crippen molar-refractivity contribution in [2.45, 2.75) is 59.8 Å². The highest BCUT2D eigenvalue weighted by atomic mass is 16.1. The van der Waals surface area contributed by atoms with Gasteiger partial charge >= 0.3 is 0 Å². The van der Waals surface area contributed by atoms with Crippen LogP contribution in [0.3, 0.4) is 0 Å². The molecule has 0 saturated carbocycles. The van der Waals surface area contributed by atoms with Crippen LogP contribution in [-0.4, -0.2) is 5.78 Å².